The molecule has 1 aliphatic carbocycles. The molecular formula is C19H19BrClNO3S. The van der Waals surface area contributed by atoms with Gasteiger partial charge in [-0.05, 0) is 48.7 Å². The van der Waals surface area contributed by atoms with E-state index in [9.17, 15) is 13.2 Å². The number of hydrogen-bond donors (Lipinski definition) is 1. The van der Waals surface area contributed by atoms with Gasteiger partial charge in [0.2, 0.25) is 0 Å². The molecule has 0 spiro atoms. The third-order valence-corrected chi connectivity index (χ3v) is 6.79. The molecular weight excluding hydrogens is 438 g/mol. The Morgan fingerprint density at radius 3 is 2.31 bits per heavy atom. The predicted molar refractivity (Wildman–Crippen MR) is 106 cm³/mol. The summed E-state index contributed by atoms with van der Waals surface area (Å²) in [6.07, 6.45) is 4.83. The van der Waals surface area contributed by atoms with E-state index in [-0.39, 0.29) is 21.4 Å². The van der Waals surface area contributed by atoms with E-state index in [1.165, 1.54) is 18.2 Å². The molecule has 1 aliphatic rings. The molecule has 0 aliphatic heterocycles. The van der Waals surface area contributed by atoms with Gasteiger partial charge in [-0.3, -0.25) is 4.79 Å². The molecule has 4 nitrogen and oxygen atoms in total. The maximum absolute atomic E-state index is 12.9. The molecule has 2 aromatic carbocycles. The van der Waals surface area contributed by atoms with Gasteiger partial charge in [0.1, 0.15) is 0 Å². The summed E-state index contributed by atoms with van der Waals surface area (Å²) in [6, 6.07) is 12.1. The smallest absolute Gasteiger partial charge is 0.253 e. The van der Waals surface area contributed by atoms with Crippen molar-refractivity contribution in [3.8, 4) is 0 Å². The van der Waals surface area contributed by atoms with Crippen molar-refractivity contribution in [1.82, 2.24) is 5.32 Å². The first kappa shape index (κ1) is 19.4. The number of hydrogen-bond acceptors (Lipinski definition) is 3. The molecule has 1 N–H and O–H groups in total. The zero-order valence-electron chi connectivity index (χ0n) is 14.3. The Kier molecular flexibility index (Phi) is 5.47. The molecule has 0 saturated heterocycles. The quantitative estimate of drug-likeness (QED) is 0.725. The fraction of sp³-hybridized carbons (Fsp3) is 0.316. The number of carbonyl (C=O) groups excluding carboxylic acids is 1. The van der Waals surface area contributed by atoms with Crippen LogP contribution in [0.2, 0.25) is 5.02 Å². The molecule has 0 bridgehead atoms. The maximum atomic E-state index is 12.9. The van der Waals surface area contributed by atoms with Crippen LogP contribution >= 0.6 is 27.5 Å². The average molecular weight is 457 g/mol. The van der Waals surface area contributed by atoms with Crippen LogP contribution in [0.3, 0.4) is 0 Å². The Balaban J connectivity index is 1.96. The van der Waals surface area contributed by atoms with Crippen LogP contribution in [0.1, 0.15) is 41.6 Å². The Hall–Kier alpha value is -1.37. The largest absolute Gasteiger partial charge is 0.342 e. The summed E-state index contributed by atoms with van der Waals surface area (Å²) >= 11 is 9.61. The highest BCUT2D eigenvalue weighted by Crippen LogP contribution is 2.39. The number of benzene rings is 2. The Labute approximate surface area is 167 Å². The van der Waals surface area contributed by atoms with E-state index >= 15 is 0 Å². The van der Waals surface area contributed by atoms with E-state index in [4.69, 9.17) is 11.6 Å². The maximum Gasteiger partial charge on any atom is 0.253 e. The van der Waals surface area contributed by atoms with Gasteiger partial charge in [0.15, 0.2) is 9.84 Å². The fourth-order valence-corrected chi connectivity index (χ4v) is 4.54. The van der Waals surface area contributed by atoms with Crippen molar-refractivity contribution < 1.29 is 13.2 Å². The van der Waals surface area contributed by atoms with Crippen LogP contribution < -0.4 is 5.32 Å². The second-order valence-corrected chi connectivity index (χ2v) is 10.0. The normalized spacial score (nSPS) is 16.4. The fourth-order valence-electron chi connectivity index (χ4n) is 3.43. The second kappa shape index (κ2) is 7.33. The minimum atomic E-state index is -3.42. The van der Waals surface area contributed by atoms with Crippen LogP contribution in [0.4, 0.5) is 0 Å². The minimum absolute atomic E-state index is 0.0798. The molecule has 1 amide bonds. The van der Waals surface area contributed by atoms with Crippen molar-refractivity contribution in [1.29, 1.82) is 0 Å². The minimum Gasteiger partial charge on any atom is -0.342 e. The lowest BCUT2D eigenvalue weighted by atomic mass is 9.88. The first-order chi connectivity index (χ1) is 12.2. The van der Waals surface area contributed by atoms with Gasteiger partial charge in [0, 0.05) is 10.7 Å². The first-order valence-corrected chi connectivity index (χ1v) is 11.4. The highest BCUT2D eigenvalue weighted by atomic mass is 79.9. The van der Waals surface area contributed by atoms with Gasteiger partial charge in [0.05, 0.1) is 21.0 Å². The third kappa shape index (κ3) is 3.97. The van der Waals surface area contributed by atoms with Crippen molar-refractivity contribution in [2.45, 2.75) is 36.1 Å². The molecule has 0 radical (unpaired) electrons. The summed E-state index contributed by atoms with van der Waals surface area (Å²) in [6.45, 7) is 0. The van der Waals surface area contributed by atoms with Crippen LogP contribution in [0, 0.1) is 0 Å². The monoisotopic (exact) mass is 455 g/mol. The van der Waals surface area contributed by atoms with Crippen molar-refractivity contribution >= 4 is 43.3 Å². The van der Waals surface area contributed by atoms with Crippen LogP contribution in [0.15, 0.2) is 51.8 Å². The summed E-state index contributed by atoms with van der Waals surface area (Å²) < 4.78 is 24.6. The predicted octanol–water partition coefficient (Wildman–Crippen LogP) is 4.71. The van der Waals surface area contributed by atoms with Crippen molar-refractivity contribution in [2.75, 3.05) is 6.26 Å². The highest BCUT2D eigenvalue weighted by Gasteiger charge is 2.37. The molecule has 0 atom stereocenters. The molecule has 7 heteroatoms. The number of nitrogens with one attached hydrogen (secondary N) is 1. The van der Waals surface area contributed by atoms with E-state index in [1.54, 1.807) is 0 Å². The molecule has 0 aromatic heterocycles. The number of sulfone groups is 1. The van der Waals surface area contributed by atoms with Crippen molar-refractivity contribution in [3.63, 3.8) is 0 Å². The standard InChI is InChI=1S/C19H19BrClNO3S/c1-26(24,25)15-8-9-17(21)16(12-15)18(23)22-19(10-2-3-11-19)13-4-6-14(20)7-5-13/h4-9,12H,2-3,10-11H2,1H3,(H,22,23). The SMILES string of the molecule is CS(=O)(=O)c1ccc(Cl)c(C(=O)NC2(c3ccc(Br)cc3)CCCC2)c1. The van der Waals surface area contributed by atoms with E-state index < -0.39 is 15.4 Å². The van der Waals surface area contributed by atoms with Crippen LogP contribution in [-0.2, 0) is 15.4 Å². The third-order valence-electron chi connectivity index (χ3n) is 4.82. The van der Waals surface area contributed by atoms with E-state index in [0.29, 0.717) is 0 Å². The summed E-state index contributed by atoms with van der Waals surface area (Å²) in [5.74, 6) is -0.356. The lowest BCUT2D eigenvalue weighted by Gasteiger charge is -2.31. The molecule has 2 aromatic rings. The number of halogens is 2. The Morgan fingerprint density at radius 1 is 1.12 bits per heavy atom. The van der Waals surface area contributed by atoms with Gasteiger partial charge in [-0.15, -0.1) is 0 Å². The summed E-state index contributed by atoms with van der Waals surface area (Å²) in [4.78, 5) is 13.0. The van der Waals surface area contributed by atoms with E-state index in [2.05, 4.69) is 21.2 Å². The van der Waals surface area contributed by atoms with Crippen LogP contribution in [-0.4, -0.2) is 20.6 Å². The number of rotatable bonds is 4. The summed E-state index contributed by atoms with van der Waals surface area (Å²) in [7, 11) is -3.42. The summed E-state index contributed by atoms with van der Waals surface area (Å²) in [5.41, 5.74) is 0.766. The van der Waals surface area contributed by atoms with E-state index in [1.807, 2.05) is 24.3 Å². The van der Waals surface area contributed by atoms with Crippen LogP contribution in [0.25, 0.3) is 0 Å². The Morgan fingerprint density at radius 2 is 1.73 bits per heavy atom. The van der Waals surface area contributed by atoms with Crippen molar-refractivity contribution in [2.24, 2.45) is 0 Å². The topological polar surface area (TPSA) is 63.2 Å². The van der Waals surface area contributed by atoms with Gasteiger partial charge in [-0.25, -0.2) is 8.42 Å². The lowest BCUT2D eigenvalue weighted by Crippen LogP contribution is -2.44. The zero-order valence-corrected chi connectivity index (χ0v) is 17.4. The van der Waals surface area contributed by atoms with Gasteiger partial charge < -0.3 is 5.32 Å². The molecule has 138 valence electrons. The first-order valence-electron chi connectivity index (χ1n) is 8.29. The molecule has 3 rings (SSSR count). The number of amides is 1. The van der Waals surface area contributed by atoms with Crippen LogP contribution in [0.5, 0.6) is 0 Å². The average Bonchev–Trinajstić information content (AvgIpc) is 3.04. The van der Waals surface area contributed by atoms with Crippen molar-refractivity contribution in [3.05, 3.63) is 63.1 Å². The highest BCUT2D eigenvalue weighted by molar-refractivity contribution is 9.10. The zero-order chi connectivity index (χ0) is 18.9. The second-order valence-electron chi connectivity index (χ2n) is 6.66. The molecule has 0 unspecified atom stereocenters. The molecule has 0 heterocycles. The number of carbonyl (C=O) groups is 1. The van der Waals surface area contributed by atoms with Gasteiger partial charge in [-0.2, -0.15) is 0 Å². The van der Waals surface area contributed by atoms with Gasteiger partial charge in [0.25, 0.3) is 5.91 Å². The Bertz CT molecular complexity index is 936. The lowest BCUT2D eigenvalue weighted by molar-refractivity contribution is 0.0898. The summed E-state index contributed by atoms with van der Waals surface area (Å²) in [5, 5.41) is 3.37. The van der Waals surface area contributed by atoms with E-state index in [0.717, 1.165) is 42.0 Å². The molecule has 26 heavy (non-hydrogen) atoms. The molecule has 1 fully saturated rings. The van der Waals surface area contributed by atoms with Gasteiger partial charge in [-0.1, -0.05) is 52.5 Å². The van der Waals surface area contributed by atoms with Gasteiger partial charge >= 0.3 is 0 Å². The molecule has 1 saturated carbocycles.